The van der Waals surface area contributed by atoms with Crippen LogP contribution in [0.4, 0.5) is 0 Å². The molecule has 0 atom stereocenters. The Labute approximate surface area is 60.8 Å². The molecule has 0 aromatic carbocycles. The lowest BCUT2D eigenvalue weighted by Crippen LogP contribution is -1.95. The van der Waals surface area contributed by atoms with E-state index in [9.17, 15) is 4.79 Å². The predicted molar refractivity (Wildman–Crippen MR) is 40.5 cm³/mol. The van der Waals surface area contributed by atoms with E-state index in [4.69, 9.17) is 5.11 Å². The van der Waals surface area contributed by atoms with Gasteiger partial charge in [-0.05, 0) is 6.42 Å². The molecule has 0 aliphatic carbocycles. The zero-order valence-corrected chi connectivity index (χ0v) is 6.21. The van der Waals surface area contributed by atoms with Crippen LogP contribution < -0.4 is 0 Å². The van der Waals surface area contributed by atoms with Crippen LogP contribution in [0.1, 0.15) is 26.2 Å². The fourth-order valence-corrected chi connectivity index (χ4v) is 0.596. The van der Waals surface area contributed by atoms with Crippen LogP contribution >= 0.6 is 0 Å². The maximum absolute atomic E-state index is 9.88. The summed E-state index contributed by atoms with van der Waals surface area (Å²) >= 11 is 0. The number of carboxylic acid groups (broad SMARTS) is 1. The van der Waals surface area contributed by atoms with E-state index in [2.05, 4.69) is 11.9 Å². The van der Waals surface area contributed by atoms with Gasteiger partial charge in [-0.2, -0.15) is 0 Å². The van der Waals surface area contributed by atoms with Gasteiger partial charge in [0.1, 0.15) is 6.21 Å². The monoisotopic (exact) mass is 143 g/mol. The van der Waals surface area contributed by atoms with E-state index >= 15 is 0 Å². The van der Waals surface area contributed by atoms with Gasteiger partial charge >= 0.3 is 5.97 Å². The highest BCUT2D eigenvalue weighted by molar-refractivity contribution is 6.21. The quantitative estimate of drug-likeness (QED) is 0.466. The maximum Gasteiger partial charge on any atom is 0.346 e. The summed E-state index contributed by atoms with van der Waals surface area (Å²) in [5, 5.41) is 8.12. The molecule has 3 heteroatoms. The average molecular weight is 143 g/mol. The number of hydrogen-bond donors (Lipinski definition) is 1. The molecule has 0 rings (SSSR count). The van der Waals surface area contributed by atoms with Crippen molar-refractivity contribution in [2.45, 2.75) is 26.2 Å². The molecule has 0 saturated carbocycles. The van der Waals surface area contributed by atoms with E-state index in [1.165, 1.54) is 0 Å². The number of unbranched alkanes of at least 4 members (excludes halogenated alkanes) is 2. The molecule has 0 aromatic heterocycles. The van der Waals surface area contributed by atoms with Crippen LogP contribution in [0, 0.1) is 0 Å². The van der Waals surface area contributed by atoms with Crippen LogP contribution in [-0.2, 0) is 4.79 Å². The van der Waals surface area contributed by atoms with Crippen molar-refractivity contribution in [2.75, 3.05) is 6.54 Å². The van der Waals surface area contributed by atoms with Crippen molar-refractivity contribution in [3.05, 3.63) is 0 Å². The van der Waals surface area contributed by atoms with E-state index in [1.807, 2.05) is 0 Å². The van der Waals surface area contributed by atoms with E-state index in [0.717, 1.165) is 25.5 Å². The van der Waals surface area contributed by atoms with Gasteiger partial charge in [-0.15, -0.1) is 0 Å². The first-order chi connectivity index (χ1) is 4.77. The highest BCUT2D eigenvalue weighted by Gasteiger charge is 1.85. The Hall–Kier alpha value is -0.860. The summed E-state index contributed by atoms with van der Waals surface area (Å²) in [7, 11) is 0. The molecule has 10 heavy (non-hydrogen) atoms. The molecule has 0 aromatic rings. The number of aliphatic imine (C=N–C) groups is 1. The van der Waals surface area contributed by atoms with Crippen molar-refractivity contribution < 1.29 is 9.90 Å². The van der Waals surface area contributed by atoms with Crippen LogP contribution in [0.15, 0.2) is 4.99 Å². The Morgan fingerprint density at radius 2 is 2.30 bits per heavy atom. The number of carbonyl (C=O) groups is 1. The first-order valence-electron chi connectivity index (χ1n) is 3.50. The van der Waals surface area contributed by atoms with E-state index < -0.39 is 5.97 Å². The van der Waals surface area contributed by atoms with Gasteiger partial charge < -0.3 is 5.11 Å². The van der Waals surface area contributed by atoms with Crippen LogP contribution in [0.2, 0.25) is 0 Å². The zero-order chi connectivity index (χ0) is 7.82. The Balaban J connectivity index is 3.10. The minimum absolute atomic E-state index is 0.639. The number of aliphatic carboxylic acids is 1. The minimum atomic E-state index is -0.962. The molecule has 0 unspecified atom stereocenters. The smallest absolute Gasteiger partial charge is 0.346 e. The largest absolute Gasteiger partial charge is 0.477 e. The van der Waals surface area contributed by atoms with Crippen LogP contribution in [0.5, 0.6) is 0 Å². The topological polar surface area (TPSA) is 49.7 Å². The second-order valence-electron chi connectivity index (χ2n) is 2.08. The number of rotatable bonds is 5. The van der Waals surface area contributed by atoms with Crippen molar-refractivity contribution in [3.8, 4) is 0 Å². The van der Waals surface area contributed by atoms with Gasteiger partial charge in [-0.1, -0.05) is 19.8 Å². The molecule has 0 spiro atoms. The molecule has 0 aliphatic rings. The summed E-state index contributed by atoms with van der Waals surface area (Å²) < 4.78 is 0. The van der Waals surface area contributed by atoms with Crippen molar-refractivity contribution in [3.63, 3.8) is 0 Å². The summed E-state index contributed by atoms with van der Waals surface area (Å²) in [4.78, 5) is 13.6. The molecule has 3 nitrogen and oxygen atoms in total. The van der Waals surface area contributed by atoms with Gasteiger partial charge in [0, 0.05) is 6.54 Å². The van der Waals surface area contributed by atoms with Crippen molar-refractivity contribution in [1.82, 2.24) is 0 Å². The fraction of sp³-hybridized carbons (Fsp3) is 0.714. The number of hydrogen-bond acceptors (Lipinski definition) is 2. The summed E-state index contributed by atoms with van der Waals surface area (Å²) in [6, 6.07) is 0. The lowest BCUT2D eigenvalue weighted by molar-refractivity contribution is -0.128. The molecule has 0 fully saturated rings. The minimum Gasteiger partial charge on any atom is -0.477 e. The third kappa shape index (κ3) is 7.14. The molecule has 0 bridgehead atoms. The molecule has 0 saturated heterocycles. The molecular formula is C7H13NO2. The molecular weight excluding hydrogens is 130 g/mol. The van der Waals surface area contributed by atoms with Crippen LogP contribution in [0.25, 0.3) is 0 Å². The van der Waals surface area contributed by atoms with Crippen molar-refractivity contribution in [1.29, 1.82) is 0 Å². The standard InChI is InChI=1S/C7H13NO2/c1-2-3-4-5-8-6-7(9)10/h6H,2-5H2,1H3,(H,9,10). The summed E-state index contributed by atoms with van der Waals surface area (Å²) in [6.07, 6.45) is 4.20. The third-order valence-electron chi connectivity index (χ3n) is 1.09. The fourth-order valence-electron chi connectivity index (χ4n) is 0.596. The van der Waals surface area contributed by atoms with Crippen molar-refractivity contribution >= 4 is 12.2 Å². The van der Waals surface area contributed by atoms with Gasteiger partial charge in [0.05, 0.1) is 0 Å². The molecule has 0 radical (unpaired) electrons. The van der Waals surface area contributed by atoms with Gasteiger partial charge in [-0.3, -0.25) is 4.99 Å². The van der Waals surface area contributed by atoms with Crippen LogP contribution in [-0.4, -0.2) is 23.8 Å². The van der Waals surface area contributed by atoms with Gasteiger partial charge in [-0.25, -0.2) is 4.79 Å². The third-order valence-corrected chi connectivity index (χ3v) is 1.09. The average Bonchev–Trinajstić information content (AvgIpc) is 1.87. The Kier molecular flexibility index (Phi) is 5.72. The number of carboxylic acids is 1. The Morgan fingerprint density at radius 3 is 2.80 bits per heavy atom. The normalized spacial score (nSPS) is 10.5. The molecule has 0 amide bonds. The lowest BCUT2D eigenvalue weighted by atomic mass is 10.2. The molecule has 0 aliphatic heterocycles. The van der Waals surface area contributed by atoms with Crippen LogP contribution in [0.3, 0.4) is 0 Å². The summed E-state index contributed by atoms with van der Waals surface area (Å²) in [6.45, 7) is 2.74. The van der Waals surface area contributed by atoms with E-state index in [0.29, 0.717) is 6.54 Å². The second-order valence-corrected chi connectivity index (χ2v) is 2.08. The molecule has 0 heterocycles. The van der Waals surface area contributed by atoms with Gasteiger partial charge in [0.25, 0.3) is 0 Å². The Morgan fingerprint density at radius 1 is 1.60 bits per heavy atom. The Bertz CT molecular complexity index is 121. The lowest BCUT2D eigenvalue weighted by Gasteiger charge is -1.89. The summed E-state index contributed by atoms with van der Waals surface area (Å²) in [5.74, 6) is -0.962. The number of nitrogens with zero attached hydrogens (tertiary/aromatic N) is 1. The highest BCUT2D eigenvalue weighted by atomic mass is 16.4. The molecule has 1 N–H and O–H groups in total. The SMILES string of the molecule is CCCCCN=CC(=O)O. The van der Waals surface area contributed by atoms with E-state index in [1.54, 1.807) is 0 Å². The zero-order valence-electron chi connectivity index (χ0n) is 6.21. The maximum atomic E-state index is 9.88. The van der Waals surface area contributed by atoms with Gasteiger partial charge in [0.2, 0.25) is 0 Å². The van der Waals surface area contributed by atoms with Gasteiger partial charge in [0.15, 0.2) is 0 Å². The summed E-state index contributed by atoms with van der Waals surface area (Å²) in [5.41, 5.74) is 0. The second kappa shape index (κ2) is 6.26. The van der Waals surface area contributed by atoms with E-state index in [-0.39, 0.29) is 0 Å². The first kappa shape index (κ1) is 9.14. The first-order valence-corrected chi connectivity index (χ1v) is 3.50. The predicted octanol–water partition coefficient (Wildman–Crippen LogP) is 1.33. The highest BCUT2D eigenvalue weighted by Crippen LogP contribution is 1.92. The molecule has 58 valence electrons. The van der Waals surface area contributed by atoms with Crippen molar-refractivity contribution in [2.24, 2.45) is 4.99 Å².